The van der Waals surface area contributed by atoms with Gasteiger partial charge in [0.2, 0.25) is 0 Å². The molecule has 4 fully saturated rings. The molecule has 0 saturated carbocycles. The van der Waals surface area contributed by atoms with E-state index in [2.05, 4.69) is 4.90 Å². The van der Waals surface area contributed by atoms with Gasteiger partial charge in [-0.1, -0.05) is 235 Å². The van der Waals surface area contributed by atoms with Crippen molar-refractivity contribution in [3.05, 3.63) is 309 Å². The number of thiazole rings is 4. The van der Waals surface area contributed by atoms with E-state index in [1.54, 1.807) is 52.0 Å². The average Bonchev–Trinajstić information content (AvgIpc) is 1.51. The topological polar surface area (TPSA) is 322 Å². The SMILES string of the molecule is CCN1C(=O)C(=c2sc(=Cc3ccc(C(=Cc4ccc(N(c5ccc(C)cc5)c5ccc(C=C(c6ccc(C=c7sc(=C8SC(=S)N(CC)C8=O)n(CC(=O)O)c7=O)cc6)c6ccc(C=c7sc(=C8SC(=S)N(CC)C8=O)n(CC(=O)O)c7=O)cc6)cc5)cc4)c4ccc(C=c5sc(=C6SC(=S)N(CC)C6=O)n(CC(=O)O)c5=O)cc4)cc3)c(=O)n2CC(=O)O)SC1=S. The number of aromatic nitrogens is 4. The third-order valence-electron chi connectivity index (χ3n) is 20.5. The van der Waals surface area contributed by atoms with Gasteiger partial charge in [-0.3, -0.25) is 95.4 Å². The molecule has 4 amide bonds. The molecule has 8 heterocycles. The summed E-state index contributed by atoms with van der Waals surface area (Å²) in [5.41, 5.74) is 9.43. The first-order chi connectivity index (χ1) is 61.4. The normalized spacial score (nSPS) is 16.5. The predicted octanol–water partition coefficient (Wildman–Crippen LogP) is 9.14. The summed E-state index contributed by atoms with van der Waals surface area (Å²) in [6.07, 6.45) is 10.6. The number of hydrogen-bond donors (Lipinski definition) is 4. The van der Waals surface area contributed by atoms with Crippen LogP contribution in [0.2, 0.25) is 0 Å². The zero-order valence-electron chi connectivity index (χ0n) is 67.9. The molecule has 11 aromatic rings. The minimum Gasteiger partial charge on any atom is -0.480 e. The molecule has 0 radical (unpaired) electrons. The number of rotatable bonds is 25. The molecule has 0 atom stereocenters. The van der Waals surface area contributed by atoms with Crippen LogP contribution in [0.1, 0.15) is 88.9 Å². The summed E-state index contributed by atoms with van der Waals surface area (Å²) in [5, 5.41) is 39.7. The van der Waals surface area contributed by atoms with E-state index in [1.165, 1.54) is 19.6 Å². The van der Waals surface area contributed by atoms with Crippen molar-refractivity contribution in [2.75, 3.05) is 31.1 Å². The molecule has 4 aromatic heterocycles. The van der Waals surface area contributed by atoms with E-state index in [0.717, 1.165) is 178 Å². The molecule has 4 saturated heterocycles. The molecule has 4 N–H and O–H groups in total. The first kappa shape index (κ1) is 90.8. The largest absolute Gasteiger partial charge is 0.480 e. The lowest BCUT2D eigenvalue weighted by atomic mass is 9.94. The number of nitrogens with zero attached hydrogens (tertiary/aromatic N) is 9. The quantitative estimate of drug-likeness (QED) is 0.0306. The number of carboxylic acid groups (broad SMARTS) is 4. The molecule has 0 spiro atoms. The van der Waals surface area contributed by atoms with Gasteiger partial charge in [0.05, 0.1) is 18.1 Å². The highest BCUT2D eigenvalue weighted by atomic mass is 32.2. The highest BCUT2D eigenvalue weighted by Gasteiger charge is 2.38. The van der Waals surface area contributed by atoms with Crippen LogP contribution in [0.4, 0.5) is 17.1 Å². The molecule has 646 valence electrons. The van der Waals surface area contributed by atoms with Gasteiger partial charge >= 0.3 is 23.9 Å². The maximum absolute atomic E-state index is 14.1. The lowest BCUT2D eigenvalue weighted by molar-refractivity contribution is -0.138. The Morgan fingerprint density at radius 2 is 0.516 bits per heavy atom. The summed E-state index contributed by atoms with van der Waals surface area (Å²) in [6.45, 7) is 7.47. The van der Waals surface area contributed by atoms with Gasteiger partial charge in [0.1, 0.15) is 81.7 Å². The van der Waals surface area contributed by atoms with Gasteiger partial charge in [-0.2, -0.15) is 0 Å². The molecular formula is C91H69N9O16S12. The lowest BCUT2D eigenvalue weighted by Gasteiger charge is -2.26. The summed E-state index contributed by atoms with van der Waals surface area (Å²) < 4.78 is 6.95. The van der Waals surface area contributed by atoms with Gasteiger partial charge in [-0.15, -0.1) is 45.3 Å². The monoisotopic (exact) mass is 1930 g/mol. The Balaban J connectivity index is 0.805. The van der Waals surface area contributed by atoms with Crippen LogP contribution in [-0.2, 0) is 64.5 Å². The van der Waals surface area contributed by atoms with Gasteiger partial charge in [0.15, 0.2) is 0 Å². The predicted molar refractivity (Wildman–Crippen MR) is 526 cm³/mol. The molecule has 25 nitrogen and oxygen atoms in total. The summed E-state index contributed by atoms with van der Waals surface area (Å²) in [7, 11) is 0. The smallest absolute Gasteiger partial charge is 0.323 e. The Kier molecular flexibility index (Phi) is 27.3. The van der Waals surface area contributed by atoms with E-state index in [0.29, 0.717) is 39.5 Å². The number of thioether (sulfide) groups is 4. The van der Waals surface area contributed by atoms with Crippen molar-refractivity contribution in [2.24, 2.45) is 0 Å². The van der Waals surface area contributed by atoms with Crippen molar-refractivity contribution >= 4 is 290 Å². The molecule has 128 heavy (non-hydrogen) atoms. The standard InChI is InChI=1S/C91H69N9O16S12/c1-6-92-80(113)72(125-88(92)117)84-96(44-68(101)102)76(109)64(121-84)40-51-12-24-55(25-13-51)62(56-26-14-52(15-27-56)41-65-77(110)97(45-69(103)104)85(122-65)73-81(114)93(7-2)89(118)126-73)38-49-20-34-60(35-21-49)100(59-32-10-48(5)11-33-59)61-36-22-50(23-37-61)39-63(57-28-16-53(17-29-57)42-66-78(111)98(46-70(105)106)86(123-66)74-82(115)94(8-3)90(119)127-74)58-30-18-54(19-31-58)43-67-79(112)99(47-71(107)108)87(124-67)75-83(116)95(9-4)91(120)128-75/h10-43H,6-9,44-47H2,1-5H3,(H,101,102)(H,103,104)(H,105,106)(H,107,108). The third-order valence-corrected chi connectivity index (χ3v) is 31.3. The summed E-state index contributed by atoms with van der Waals surface area (Å²) in [5.74, 6) is -6.77. The van der Waals surface area contributed by atoms with E-state index in [4.69, 9.17) is 48.9 Å². The van der Waals surface area contributed by atoms with Crippen LogP contribution < -0.4 is 63.9 Å². The van der Waals surface area contributed by atoms with Crippen molar-refractivity contribution < 1.29 is 58.8 Å². The van der Waals surface area contributed by atoms with Crippen molar-refractivity contribution in [2.45, 2.75) is 60.8 Å². The minimum atomic E-state index is -1.27. The molecule has 0 bridgehead atoms. The van der Waals surface area contributed by atoms with Crippen LogP contribution in [0.25, 0.3) is 67.2 Å². The summed E-state index contributed by atoms with van der Waals surface area (Å²) in [6, 6.07) is 53.6. The van der Waals surface area contributed by atoms with Gasteiger partial charge in [-0.25, -0.2) is 0 Å². The second-order valence-electron chi connectivity index (χ2n) is 28.7. The summed E-state index contributed by atoms with van der Waals surface area (Å²) in [4.78, 5) is 168. The Hall–Kier alpha value is -12.0. The molecule has 7 aromatic carbocycles. The number of benzene rings is 7. The van der Waals surface area contributed by atoms with E-state index >= 15 is 0 Å². The molecule has 4 aliphatic rings. The molecular weight excluding hydrogens is 1860 g/mol. The van der Waals surface area contributed by atoms with Gasteiger partial charge in [-0.05, 0) is 174 Å². The molecule has 15 rings (SSSR count). The lowest BCUT2D eigenvalue weighted by Crippen LogP contribution is -2.35. The number of carboxylic acids is 4. The second kappa shape index (κ2) is 38.5. The van der Waals surface area contributed by atoms with E-state index < -0.39 is 95.9 Å². The van der Waals surface area contributed by atoms with Crippen molar-refractivity contribution in [1.29, 1.82) is 0 Å². The van der Waals surface area contributed by atoms with Crippen molar-refractivity contribution in [1.82, 2.24) is 37.9 Å². The number of carbonyl (C=O) groups excluding carboxylic acids is 4. The highest BCUT2D eigenvalue weighted by molar-refractivity contribution is 8.31. The first-order valence-corrected chi connectivity index (χ1v) is 47.3. The first-order valence-electron chi connectivity index (χ1n) is 39.2. The number of amides is 4. The Morgan fingerprint density at radius 1 is 0.312 bits per heavy atom. The third kappa shape index (κ3) is 18.8. The fourth-order valence-electron chi connectivity index (χ4n) is 14.3. The van der Waals surface area contributed by atoms with Crippen LogP contribution in [-0.4, -0.2) is 149 Å². The fourth-order valence-corrected chi connectivity index (χ4v) is 24.9. The Labute approximate surface area is 781 Å². The maximum Gasteiger partial charge on any atom is 0.323 e. The summed E-state index contributed by atoms with van der Waals surface area (Å²) >= 11 is 29.9. The number of aliphatic carboxylic acids is 4. The Morgan fingerprint density at radius 3 is 0.711 bits per heavy atom. The highest BCUT2D eigenvalue weighted by Crippen LogP contribution is 2.39. The second-order valence-corrected chi connectivity index (χ2v) is 39.4. The van der Waals surface area contributed by atoms with E-state index in [9.17, 15) is 78.0 Å². The van der Waals surface area contributed by atoms with Crippen LogP contribution in [0.15, 0.2) is 189 Å². The van der Waals surface area contributed by atoms with Crippen LogP contribution >= 0.6 is 141 Å². The zero-order valence-corrected chi connectivity index (χ0v) is 77.7. The van der Waals surface area contributed by atoms with Crippen LogP contribution in [0.5, 0.6) is 0 Å². The van der Waals surface area contributed by atoms with Crippen molar-refractivity contribution in [3.63, 3.8) is 0 Å². The Bertz CT molecular complexity index is 6700. The van der Waals surface area contributed by atoms with E-state index in [-0.39, 0.29) is 82.6 Å². The zero-order chi connectivity index (χ0) is 91.0. The van der Waals surface area contributed by atoms with Gasteiger partial charge in [0, 0.05) is 43.2 Å². The minimum absolute atomic E-state index is 0.165. The number of hydrogen-bond acceptors (Lipinski definition) is 25. The van der Waals surface area contributed by atoms with Crippen LogP contribution in [0, 0.1) is 6.92 Å². The molecule has 4 aliphatic heterocycles. The van der Waals surface area contributed by atoms with E-state index in [1.807, 2.05) is 189 Å². The maximum atomic E-state index is 14.1. The molecule has 0 unspecified atom stereocenters. The number of anilines is 3. The number of thiocarbonyl (C=S) groups is 4. The molecule has 37 heteroatoms. The fraction of sp³-hybridized carbons (Fsp3) is 0.143. The van der Waals surface area contributed by atoms with Gasteiger partial charge in [0.25, 0.3) is 45.9 Å². The van der Waals surface area contributed by atoms with Crippen molar-refractivity contribution in [3.8, 4) is 0 Å². The van der Waals surface area contributed by atoms with Crippen LogP contribution in [0.3, 0.4) is 0 Å². The average molecular weight is 1930 g/mol. The number of carbonyl (C=O) groups is 8. The van der Waals surface area contributed by atoms with Gasteiger partial charge < -0.3 is 25.3 Å². The molecule has 0 aliphatic carbocycles. The number of aryl methyl sites for hydroxylation is 1.